The average molecular weight is 289 g/mol. The van der Waals surface area contributed by atoms with Gasteiger partial charge in [-0.25, -0.2) is 0 Å². The Kier molecular flexibility index (Phi) is 5.19. The van der Waals surface area contributed by atoms with Crippen LogP contribution in [0.15, 0.2) is 42.5 Å². The number of aryl methyl sites for hydroxylation is 1. The number of hydrogen-bond acceptors (Lipinski definition) is 2. The summed E-state index contributed by atoms with van der Waals surface area (Å²) in [4.78, 5) is 11.0. The normalized spacial score (nSPS) is 10.3. The van der Waals surface area contributed by atoms with Gasteiger partial charge in [-0.3, -0.25) is 4.79 Å². The maximum absolute atomic E-state index is 11.0. The van der Waals surface area contributed by atoms with E-state index in [1.54, 1.807) is 18.2 Å². The summed E-state index contributed by atoms with van der Waals surface area (Å²) in [5, 5.41) is 0.523. The second-order valence-corrected chi connectivity index (χ2v) is 5.09. The van der Waals surface area contributed by atoms with Gasteiger partial charge in [0.25, 0.3) is 0 Å². The lowest BCUT2D eigenvalue weighted by Crippen LogP contribution is -1.91. The summed E-state index contributed by atoms with van der Waals surface area (Å²) in [6.07, 6.45) is 4.20. The summed E-state index contributed by atoms with van der Waals surface area (Å²) in [5.74, 6) is 1.24. The Morgan fingerprint density at radius 2 is 1.90 bits per heavy atom. The summed E-state index contributed by atoms with van der Waals surface area (Å²) in [7, 11) is 0. The van der Waals surface area contributed by atoms with Crippen LogP contribution in [0.4, 0.5) is 0 Å². The third kappa shape index (κ3) is 3.84. The molecule has 2 aromatic carbocycles. The monoisotopic (exact) mass is 288 g/mol. The van der Waals surface area contributed by atoms with Gasteiger partial charge < -0.3 is 4.74 Å². The molecule has 0 unspecified atom stereocenters. The van der Waals surface area contributed by atoms with Crippen molar-refractivity contribution in [2.24, 2.45) is 0 Å². The van der Waals surface area contributed by atoms with Crippen molar-refractivity contribution in [3.05, 3.63) is 58.6 Å². The van der Waals surface area contributed by atoms with Gasteiger partial charge in [-0.1, -0.05) is 37.1 Å². The lowest BCUT2D eigenvalue weighted by Gasteiger charge is -2.09. The molecule has 0 saturated heterocycles. The quantitative estimate of drug-likeness (QED) is 0.675. The fourth-order valence-electron chi connectivity index (χ4n) is 1.94. The van der Waals surface area contributed by atoms with Gasteiger partial charge in [-0.15, -0.1) is 0 Å². The van der Waals surface area contributed by atoms with Crippen molar-refractivity contribution in [2.45, 2.75) is 26.2 Å². The molecule has 0 amide bonds. The molecular formula is C17H17ClO2. The van der Waals surface area contributed by atoms with Crippen molar-refractivity contribution < 1.29 is 9.53 Å². The maximum Gasteiger partial charge on any atom is 0.153 e. The molecule has 0 aromatic heterocycles. The highest BCUT2D eigenvalue weighted by molar-refractivity contribution is 6.30. The van der Waals surface area contributed by atoms with Crippen molar-refractivity contribution >= 4 is 17.9 Å². The Bertz CT molecular complexity index is 576. The number of halogens is 1. The topological polar surface area (TPSA) is 26.3 Å². The van der Waals surface area contributed by atoms with Crippen LogP contribution >= 0.6 is 11.6 Å². The molecule has 2 rings (SSSR count). The van der Waals surface area contributed by atoms with Crippen LogP contribution in [0.2, 0.25) is 5.02 Å². The van der Waals surface area contributed by atoms with Crippen LogP contribution in [-0.2, 0) is 6.42 Å². The van der Waals surface area contributed by atoms with Crippen molar-refractivity contribution in [3.8, 4) is 11.5 Å². The smallest absolute Gasteiger partial charge is 0.153 e. The third-order valence-electron chi connectivity index (χ3n) is 3.07. The average Bonchev–Trinajstić information content (AvgIpc) is 2.48. The van der Waals surface area contributed by atoms with Crippen LogP contribution in [0.25, 0.3) is 0 Å². The van der Waals surface area contributed by atoms with Gasteiger partial charge in [0, 0.05) is 5.02 Å². The zero-order valence-electron chi connectivity index (χ0n) is 11.4. The van der Waals surface area contributed by atoms with E-state index in [2.05, 4.69) is 19.1 Å². The minimum Gasteiger partial charge on any atom is -0.457 e. The van der Waals surface area contributed by atoms with Crippen molar-refractivity contribution in [3.63, 3.8) is 0 Å². The Morgan fingerprint density at radius 1 is 1.15 bits per heavy atom. The molecule has 0 atom stereocenters. The number of ether oxygens (including phenoxy) is 1. The Hall–Kier alpha value is -1.80. The van der Waals surface area contributed by atoms with Gasteiger partial charge in [-0.05, 0) is 48.7 Å². The SMILES string of the molecule is CCCCc1ccc(Oc2ccc(Cl)cc2C=O)cc1. The molecule has 0 radical (unpaired) electrons. The second kappa shape index (κ2) is 7.11. The zero-order valence-corrected chi connectivity index (χ0v) is 12.2. The molecule has 20 heavy (non-hydrogen) atoms. The van der Waals surface area contributed by atoms with Crippen LogP contribution in [-0.4, -0.2) is 6.29 Å². The number of rotatable bonds is 6. The van der Waals surface area contributed by atoms with Gasteiger partial charge >= 0.3 is 0 Å². The molecule has 2 aromatic rings. The number of carbonyl (C=O) groups is 1. The largest absolute Gasteiger partial charge is 0.457 e. The first-order valence-corrected chi connectivity index (χ1v) is 7.12. The fraction of sp³-hybridized carbons (Fsp3) is 0.235. The van der Waals surface area contributed by atoms with Crippen molar-refractivity contribution in [2.75, 3.05) is 0 Å². The molecule has 0 saturated carbocycles. The number of benzene rings is 2. The van der Waals surface area contributed by atoms with Crippen LogP contribution in [0.5, 0.6) is 11.5 Å². The van der Waals surface area contributed by atoms with Crippen LogP contribution in [0, 0.1) is 0 Å². The molecule has 0 bridgehead atoms. The van der Waals surface area contributed by atoms with E-state index in [9.17, 15) is 4.79 Å². The van der Waals surface area contributed by atoms with Crippen LogP contribution in [0.1, 0.15) is 35.7 Å². The Labute approximate surface area is 124 Å². The molecule has 0 aliphatic rings. The Balaban J connectivity index is 2.12. The highest BCUT2D eigenvalue weighted by atomic mass is 35.5. The van der Waals surface area contributed by atoms with Gasteiger partial charge in [0.15, 0.2) is 6.29 Å². The third-order valence-corrected chi connectivity index (χ3v) is 3.30. The highest BCUT2D eigenvalue weighted by Gasteiger charge is 2.05. The fourth-order valence-corrected chi connectivity index (χ4v) is 2.12. The second-order valence-electron chi connectivity index (χ2n) is 4.65. The number of hydrogen-bond donors (Lipinski definition) is 0. The summed E-state index contributed by atoms with van der Waals surface area (Å²) < 4.78 is 5.72. The molecule has 0 fully saturated rings. The molecular weight excluding hydrogens is 272 g/mol. The Morgan fingerprint density at radius 3 is 2.55 bits per heavy atom. The van der Waals surface area contributed by atoms with E-state index in [0.29, 0.717) is 16.3 Å². The molecule has 0 heterocycles. The van der Waals surface area contributed by atoms with Gasteiger partial charge in [0.2, 0.25) is 0 Å². The molecule has 104 valence electrons. The lowest BCUT2D eigenvalue weighted by molar-refractivity contribution is 0.112. The first-order valence-electron chi connectivity index (χ1n) is 6.74. The van der Waals surface area contributed by atoms with E-state index in [-0.39, 0.29) is 0 Å². The summed E-state index contributed by atoms with van der Waals surface area (Å²) in [6.45, 7) is 2.18. The minimum atomic E-state index is 0.451. The predicted molar refractivity (Wildman–Crippen MR) is 82.0 cm³/mol. The van der Waals surface area contributed by atoms with E-state index in [1.165, 1.54) is 18.4 Å². The van der Waals surface area contributed by atoms with Crippen LogP contribution in [0.3, 0.4) is 0 Å². The minimum absolute atomic E-state index is 0.451. The lowest BCUT2D eigenvalue weighted by atomic mass is 10.1. The van der Waals surface area contributed by atoms with Gasteiger partial charge in [0.05, 0.1) is 5.56 Å². The molecule has 2 nitrogen and oxygen atoms in total. The van der Waals surface area contributed by atoms with E-state index in [0.717, 1.165) is 18.5 Å². The molecule has 0 aliphatic carbocycles. The predicted octanol–water partition coefficient (Wildman–Crippen LogP) is 5.29. The first kappa shape index (κ1) is 14.6. The summed E-state index contributed by atoms with van der Waals surface area (Å²) >= 11 is 5.85. The van der Waals surface area contributed by atoms with E-state index < -0.39 is 0 Å². The van der Waals surface area contributed by atoms with Crippen molar-refractivity contribution in [1.82, 2.24) is 0 Å². The van der Waals surface area contributed by atoms with Crippen LogP contribution < -0.4 is 4.74 Å². The van der Waals surface area contributed by atoms with E-state index >= 15 is 0 Å². The first-order chi connectivity index (χ1) is 9.72. The number of unbranched alkanes of at least 4 members (excludes halogenated alkanes) is 1. The molecule has 0 spiro atoms. The summed E-state index contributed by atoms with van der Waals surface area (Å²) in [6, 6.07) is 13.0. The molecule has 0 N–H and O–H groups in total. The molecule has 0 aliphatic heterocycles. The highest BCUT2D eigenvalue weighted by Crippen LogP contribution is 2.27. The summed E-state index contributed by atoms with van der Waals surface area (Å²) in [5.41, 5.74) is 1.75. The van der Waals surface area contributed by atoms with Gasteiger partial charge in [-0.2, -0.15) is 0 Å². The standard InChI is InChI=1S/C17H17ClO2/c1-2-3-4-13-5-8-16(9-6-13)20-17-10-7-15(18)11-14(17)12-19/h5-12H,2-4H2,1H3. The van der Waals surface area contributed by atoms with E-state index in [4.69, 9.17) is 16.3 Å². The number of aldehydes is 1. The molecule has 3 heteroatoms. The van der Waals surface area contributed by atoms with E-state index in [1.807, 2.05) is 12.1 Å². The van der Waals surface area contributed by atoms with Crippen molar-refractivity contribution in [1.29, 1.82) is 0 Å². The zero-order chi connectivity index (χ0) is 14.4. The maximum atomic E-state index is 11.0. The van der Waals surface area contributed by atoms with Gasteiger partial charge in [0.1, 0.15) is 11.5 Å². The number of carbonyl (C=O) groups excluding carboxylic acids is 1.